The van der Waals surface area contributed by atoms with Gasteiger partial charge in [0.2, 0.25) is 0 Å². The third-order valence-corrected chi connectivity index (χ3v) is 13.0. The van der Waals surface area contributed by atoms with Gasteiger partial charge in [0.15, 0.2) is 0 Å². The van der Waals surface area contributed by atoms with E-state index in [1.807, 2.05) is 0 Å². The first-order valence-corrected chi connectivity index (χ1v) is 20.3. The van der Waals surface area contributed by atoms with Gasteiger partial charge in [0.05, 0.1) is 0 Å². The molecular formula is C55H35BN2. The molecule has 2 nitrogen and oxygen atoms in total. The minimum absolute atomic E-state index is 0.0346. The lowest BCUT2D eigenvalue weighted by Gasteiger charge is -2.49. The van der Waals surface area contributed by atoms with Gasteiger partial charge in [0, 0.05) is 39.6 Å². The van der Waals surface area contributed by atoms with E-state index in [0.717, 1.165) is 5.69 Å². The summed E-state index contributed by atoms with van der Waals surface area (Å²) in [5, 5.41) is 0. The Kier molecular flexibility index (Phi) is 6.49. The number of hydrogen-bond donors (Lipinski definition) is 0. The van der Waals surface area contributed by atoms with E-state index in [4.69, 9.17) is 0 Å². The lowest BCUT2D eigenvalue weighted by Crippen LogP contribution is -2.63. The van der Waals surface area contributed by atoms with E-state index in [9.17, 15) is 0 Å². The number of hydrogen-bond acceptors (Lipinski definition) is 2. The van der Waals surface area contributed by atoms with E-state index in [-0.39, 0.29) is 6.85 Å². The molecule has 9 aromatic carbocycles. The van der Waals surface area contributed by atoms with Crippen LogP contribution in [0.1, 0.15) is 5.56 Å². The summed E-state index contributed by atoms with van der Waals surface area (Å²) in [5.41, 5.74) is 27.8. The van der Waals surface area contributed by atoms with Gasteiger partial charge in [-0.25, -0.2) is 0 Å². The lowest BCUT2D eigenvalue weighted by molar-refractivity contribution is 1.26. The number of benzene rings is 9. The maximum absolute atomic E-state index is 2.64. The summed E-state index contributed by atoms with van der Waals surface area (Å²) in [6, 6.07) is 72.7. The van der Waals surface area contributed by atoms with Gasteiger partial charge in [0.25, 0.3) is 0 Å². The molecule has 0 bridgehead atoms. The van der Waals surface area contributed by atoms with Crippen molar-refractivity contribution in [1.82, 2.24) is 0 Å². The van der Waals surface area contributed by atoms with Crippen LogP contribution < -0.4 is 20.6 Å². The predicted molar refractivity (Wildman–Crippen MR) is 245 cm³/mol. The fraction of sp³-hybridized carbons (Fsp3) is 0.0182. The minimum atomic E-state index is 0.0346. The third kappa shape index (κ3) is 4.28. The fourth-order valence-electron chi connectivity index (χ4n) is 10.6. The fourth-order valence-corrected chi connectivity index (χ4v) is 10.6. The molecule has 0 saturated heterocycles. The Hall–Kier alpha value is -7.36. The average molecular weight is 735 g/mol. The zero-order valence-electron chi connectivity index (χ0n) is 31.9. The predicted octanol–water partition coefficient (Wildman–Crippen LogP) is 13.3. The maximum Gasteiger partial charge on any atom is 0.333 e. The van der Waals surface area contributed by atoms with Gasteiger partial charge in [-0.2, -0.15) is 0 Å². The molecule has 58 heavy (non-hydrogen) atoms. The first-order chi connectivity index (χ1) is 28.7. The Morgan fingerprint density at radius 3 is 1.38 bits per heavy atom. The number of aryl methyl sites for hydroxylation is 1. The standard InChI is InChI=1S/C55H35BN2/c1-34-25-29-50-48(31-34)45-21-11-23-52-54(45)56-55-46(49-32-36(26-30-51(49)58(50)56)35-13-3-2-4-14-35)22-12-24-53(55)57(52)37-27-28-44-42-19-8-7-17-40(42)38-15-5-6-16-39(38)41-18-9-10-20-43(41)47(44)33-37/h2-33H,1H3. The molecule has 0 amide bonds. The number of fused-ring (bicyclic) bond motifs is 14. The van der Waals surface area contributed by atoms with Gasteiger partial charge in [-0.3, -0.25) is 0 Å². The molecule has 0 spiro atoms. The second-order valence-electron chi connectivity index (χ2n) is 16.1. The molecule has 0 saturated carbocycles. The molecule has 3 heterocycles. The minimum Gasteiger partial charge on any atom is -0.376 e. The lowest BCUT2D eigenvalue weighted by atomic mass is 9.41. The SMILES string of the molecule is Cc1ccc2c(c1)-c1cccc3c1B1c4c(cccc4N3c3ccc4c(c3)-c3ccccc3-c3ccccc3-c3ccccc3-4)-c3cc(-c4ccccc4)ccc3N12. The van der Waals surface area contributed by atoms with Crippen LogP contribution in [0.15, 0.2) is 194 Å². The van der Waals surface area contributed by atoms with Crippen molar-refractivity contribution in [2.45, 2.75) is 6.92 Å². The molecule has 0 radical (unpaired) electrons. The summed E-state index contributed by atoms with van der Waals surface area (Å²) < 4.78 is 0. The molecule has 13 rings (SSSR count). The molecule has 1 aliphatic carbocycles. The Morgan fingerprint density at radius 1 is 0.310 bits per heavy atom. The van der Waals surface area contributed by atoms with Crippen LogP contribution in [0, 0.1) is 6.92 Å². The van der Waals surface area contributed by atoms with Gasteiger partial charge in [0.1, 0.15) is 0 Å². The molecule has 268 valence electrons. The topological polar surface area (TPSA) is 6.48 Å². The summed E-state index contributed by atoms with van der Waals surface area (Å²) in [5.74, 6) is 0. The van der Waals surface area contributed by atoms with Gasteiger partial charge < -0.3 is 9.71 Å². The van der Waals surface area contributed by atoms with Crippen molar-refractivity contribution in [3.8, 4) is 77.9 Å². The smallest absolute Gasteiger partial charge is 0.333 e. The van der Waals surface area contributed by atoms with Crippen molar-refractivity contribution in [2.24, 2.45) is 0 Å². The molecule has 0 fully saturated rings. The second kappa shape index (κ2) is 11.8. The highest BCUT2D eigenvalue weighted by atomic mass is 15.2. The largest absolute Gasteiger partial charge is 0.376 e. The van der Waals surface area contributed by atoms with Crippen LogP contribution in [-0.2, 0) is 0 Å². The molecule has 9 aromatic rings. The molecule has 0 aromatic heterocycles. The number of nitrogens with zero attached hydrogens (tertiary/aromatic N) is 2. The van der Waals surface area contributed by atoms with E-state index in [0.29, 0.717) is 0 Å². The highest BCUT2D eigenvalue weighted by Crippen LogP contribution is 2.54. The van der Waals surface area contributed by atoms with Crippen molar-refractivity contribution >= 4 is 46.2 Å². The van der Waals surface area contributed by atoms with E-state index in [1.54, 1.807) is 0 Å². The van der Waals surface area contributed by atoms with E-state index >= 15 is 0 Å². The molecule has 3 heteroatoms. The highest BCUT2D eigenvalue weighted by Gasteiger charge is 2.48. The van der Waals surface area contributed by atoms with Crippen LogP contribution in [0.2, 0.25) is 0 Å². The number of rotatable bonds is 2. The van der Waals surface area contributed by atoms with Crippen molar-refractivity contribution in [2.75, 3.05) is 9.71 Å². The molecule has 3 aliphatic heterocycles. The van der Waals surface area contributed by atoms with Crippen LogP contribution in [0.4, 0.5) is 28.4 Å². The average Bonchev–Trinajstić information content (AvgIpc) is 3.28. The van der Waals surface area contributed by atoms with Gasteiger partial charge in [-0.1, -0.05) is 151 Å². The molecular weight excluding hydrogens is 699 g/mol. The summed E-state index contributed by atoms with van der Waals surface area (Å²) in [7, 11) is 0. The second-order valence-corrected chi connectivity index (χ2v) is 16.1. The highest BCUT2D eigenvalue weighted by molar-refractivity contribution is 6.95. The molecule has 0 N–H and O–H groups in total. The Morgan fingerprint density at radius 2 is 0.793 bits per heavy atom. The monoisotopic (exact) mass is 734 g/mol. The van der Waals surface area contributed by atoms with Crippen LogP contribution in [0.25, 0.3) is 77.9 Å². The van der Waals surface area contributed by atoms with Crippen LogP contribution >= 0.6 is 0 Å². The molecule has 4 aliphatic rings. The van der Waals surface area contributed by atoms with Crippen molar-refractivity contribution in [3.63, 3.8) is 0 Å². The zero-order chi connectivity index (χ0) is 38.1. The Labute approximate surface area is 339 Å². The van der Waals surface area contributed by atoms with E-state index in [1.165, 1.54) is 117 Å². The van der Waals surface area contributed by atoms with Crippen molar-refractivity contribution < 1.29 is 0 Å². The summed E-state index contributed by atoms with van der Waals surface area (Å²) >= 11 is 0. The Bertz CT molecular complexity index is 3210. The summed E-state index contributed by atoms with van der Waals surface area (Å²) in [6.45, 7) is 2.25. The quantitative estimate of drug-likeness (QED) is 0.163. The summed E-state index contributed by atoms with van der Waals surface area (Å²) in [6.07, 6.45) is 0. The van der Waals surface area contributed by atoms with Gasteiger partial charge in [-0.05, 0) is 133 Å². The van der Waals surface area contributed by atoms with Crippen molar-refractivity contribution in [1.29, 1.82) is 0 Å². The van der Waals surface area contributed by atoms with E-state index in [2.05, 4.69) is 211 Å². The Balaban J connectivity index is 1.10. The zero-order valence-corrected chi connectivity index (χ0v) is 31.9. The van der Waals surface area contributed by atoms with Crippen molar-refractivity contribution in [3.05, 3.63) is 200 Å². The van der Waals surface area contributed by atoms with E-state index < -0.39 is 0 Å². The normalized spacial score (nSPS) is 13.2. The van der Waals surface area contributed by atoms with Crippen LogP contribution in [0.5, 0.6) is 0 Å². The first-order valence-electron chi connectivity index (χ1n) is 20.3. The van der Waals surface area contributed by atoms with Crippen LogP contribution in [-0.4, -0.2) is 6.85 Å². The van der Waals surface area contributed by atoms with Gasteiger partial charge in [-0.15, -0.1) is 0 Å². The maximum atomic E-state index is 2.64. The first kappa shape index (κ1) is 31.8. The van der Waals surface area contributed by atoms with Gasteiger partial charge >= 0.3 is 6.85 Å². The third-order valence-electron chi connectivity index (χ3n) is 13.0. The molecule has 0 atom stereocenters. The van der Waals surface area contributed by atoms with Crippen LogP contribution in [0.3, 0.4) is 0 Å². The molecule has 0 unspecified atom stereocenters. The number of anilines is 5. The summed E-state index contributed by atoms with van der Waals surface area (Å²) in [4.78, 5) is 5.19.